The van der Waals surface area contributed by atoms with Gasteiger partial charge in [-0.3, -0.25) is 9.59 Å². The summed E-state index contributed by atoms with van der Waals surface area (Å²) < 4.78 is 10.2. The van der Waals surface area contributed by atoms with Crippen LogP contribution in [-0.4, -0.2) is 57.2 Å². The first-order valence-electron chi connectivity index (χ1n) is 10.2. The van der Waals surface area contributed by atoms with Gasteiger partial charge in [0.2, 0.25) is 0 Å². The Morgan fingerprint density at radius 3 is 2.60 bits per heavy atom. The summed E-state index contributed by atoms with van der Waals surface area (Å²) in [7, 11) is 3.30. The van der Waals surface area contributed by atoms with Crippen molar-refractivity contribution in [1.29, 1.82) is 0 Å². The van der Waals surface area contributed by atoms with Crippen LogP contribution in [0, 0.1) is 0 Å². The van der Waals surface area contributed by atoms with Gasteiger partial charge in [-0.2, -0.15) is 0 Å². The molecule has 1 atom stereocenters. The van der Waals surface area contributed by atoms with E-state index in [2.05, 4.69) is 10.6 Å². The molecule has 2 amide bonds. The topological polar surface area (TPSA) is 79.9 Å². The van der Waals surface area contributed by atoms with Gasteiger partial charge in [0.15, 0.2) is 0 Å². The predicted octanol–water partition coefficient (Wildman–Crippen LogP) is 3.06. The third kappa shape index (κ3) is 5.17. The van der Waals surface area contributed by atoms with E-state index in [1.807, 2.05) is 47.4 Å². The van der Waals surface area contributed by atoms with Crippen molar-refractivity contribution < 1.29 is 19.1 Å². The molecule has 3 rings (SSSR count). The van der Waals surface area contributed by atoms with Gasteiger partial charge < -0.3 is 25.0 Å². The molecule has 1 aliphatic heterocycles. The SMILES string of the molecule is COCCCNC(=O)c1cccc(NC2c3ccccc3C(=O)N2CCCOC)c1. The van der Waals surface area contributed by atoms with Crippen LogP contribution in [-0.2, 0) is 9.47 Å². The van der Waals surface area contributed by atoms with Gasteiger partial charge in [0.05, 0.1) is 0 Å². The number of nitrogens with zero attached hydrogens (tertiary/aromatic N) is 1. The highest BCUT2D eigenvalue weighted by atomic mass is 16.5. The molecule has 0 spiro atoms. The second kappa shape index (κ2) is 10.8. The highest BCUT2D eigenvalue weighted by Crippen LogP contribution is 2.34. The van der Waals surface area contributed by atoms with Crippen molar-refractivity contribution in [3.63, 3.8) is 0 Å². The Morgan fingerprint density at radius 1 is 1.03 bits per heavy atom. The number of hydrogen-bond donors (Lipinski definition) is 2. The predicted molar refractivity (Wildman–Crippen MR) is 116 cm³/mol. The average Bonchev–Trinajstić information content (AvgIpc) is 3.03. The molecule has 7 nitrogen and oxygen atoms in total. The van der Waals surface area contributed by atoms with Crippen LogP contribution in [0.15, 0.2) is 48.5 Å². The normalized spacial score (nSPS) is 15.2. The molecule has 0 bridgehead atoms. The fourth-order valence-electron chi connectivity index (χ4n) is 3.56. The van der Waals surface area contributed by atoms with Crippen LogP contribution < -0.4 is 10.6 Å². The minimum atomic E-state index is -0.287. The summed E-state index contributed by atoms with van der Waals surface area (Å²) in [4.78, 5) is 27.2. The minimum absolute atomic E-state index is 0.00578. The van der Waals surface area contributed by atoms with E-state index in [4.69, 9.17) is 9.47 Å². The molecule has 30 heavy (non-hydrogen) atoms. The second-order valence-electron chi connectivity index (χ2n) is 7.16. The van der Waals surface area contributed by atoms with Crippen LogP contribution in [0.3, 0.4) is 0 Å². The number of amides is 2. The van der Waals surface area contributed by atoms with Crippen molar-refractivity contribution in [2.75, 3.05) is 45.8 Å². The maximum absolute atomic E-state index is 12.9. The molecule has 2 aromatic carbocycles. The van der Waals surface area contributed by atoms with Crippen LogP contribution in [0.5, 0.6) is 0 Å². The summed E-state index contributed by atoms with van der Waals surface area (Å²) in [5, 5.41) is 6.34. The number of methoxy groups -OCH3 is 2. The molecule has 0 fully saturated rings. The fourth-order valence-corrected chi connectivity index (χ4v) is 3.56. The maximum atomic E-state index is 12.9. The molecular weight excluding hydrogens is 382 g/mol. The van der Waals surface area contributed by atoms with Gasteiger partial charge in [0.25, 0.3) is 11.8 Å². The number of nitrogens with one attached hydrogen (secondary N) is 2. The van der Waals surface area contributed by atoms with E-state index < -0.39 is 0 Å². The second-order valence-corrected chi connectivity index (χ2v) is 7.16. The monoisotopic (exact) mass is 411 g/mol. The lowest BCUT2D eigenvalue weighted by Gasteiger charge is -2.27. The van der Waals surface area contributed by atoms with Crippen molar-refractivity contribution in [2.24, 2.45) is 0 Å². The van der Waals surface area contributed by atoms with Crippen LogP contribution in [0.2, 0.25) is 0 Å². The smallest absolute Gasteiger partial charge is 0.256 e. The van der Waals surface area contributed by atoms with Crippen molar-refractivity contribution in [3.8, 4) is 0 Å². The Kier molecular flexibility index (Phi) is 7.82. The van der Waals surface area contributed by atoms with Crippen molar-refractivity contribution in [3.05, 3.63) is 65.2 Å². The van der Waals surface area contributed by atoms with Crippen LogP contribution >= 0.6 is 0 Å². The van der Waals surface area contributed by atoms with E-state index in [-0.39, 0.29) is 18.0 Å². The van der Waals surface area contributed by atoms with E-state index in [9.17, 15) is 9.59 Å². The molecule has 0 saturated carbocycles. The van der Waals surface area contributed by atoms with Crippen LogP contribution in [0.4, 0.5) is 5.69 Å². The van der Waals surface area contributed by atoms with E-state index in [0.717, 1.165) is 24.1 Å². The molecular formula is C23H29N3O4. The lowest BCUT2D eigenvalue weighted by molar-refractivity contribution is 0.0721. The van der Waals surface area contributed by atoms with E-state index in [1.54, 1.807) is 20.3 Å². The molecule has 1 unspecified atom stereocenters. The number of carbonyl (C=O) groups is 2. The summed E-state index contributed by atoms with van der Waals surface area (Å²) in [6, 6.07) is 15.0. The molecule has 1 aliphatic rings. The standard InChI is InChI=1S/C23H29N3O4/c1-29-14-6-12-24-22(27)17-8-5-9-18(16-17)25-21-19-10-3-4-11-20(19)23(28)26(21)13-7-15-30-2/h3-5,8-11,16,21,25H,6-7,12-15H2,1-2H3,(H,24,27). The largest absolute Gasteiger partial charge is 0.385 e. The first-order chi connectivity index (χ1) is 14.7. The number of hydrogen-bond acceptors (Lipinski definition) is 5. The summed E-state index contributed by atoms with van der Waals surface area (Å²) in [6.07, 6.45) is 1.22. The Bertz CT molecular complexity index is 871. The fraction of sp³-hybridized carbons (Fsp3) is 0.391. The van der Waals surface area contributed by atoms with Crippen molar-refractivity contribution in [2.45, 2.75) is 19.0 Å². The van der Waals surface area contributed by atoms with Crippen LogP contribution in [0.1, 0.15) is 45.3 Å². The number of anilines is 1. The zero-order valence-corrected chi connectivity index (χ0v) is 17.5. The van der Waals surface area contributed by atoms with E-state index in [1.165, 1.54) is 0 Å². The highest BCUT2D eigenvalue weighted by molar-refractivity contribution is 5.99. The van der Waals surface area contributed by atoms with Gasteiger partial charge in [0, 0.05) is 62.9 Å². The third-order valence-corrected chi connectivity index (χ3v) is 5.04. The number of rotatable bonds is 11. The molecule has 0 saturated heterocycles. The Hall–Kier alpha value is -2.90. The average molecular weight is 412 g/mol. The zero-order chi connectivity index (χ0) is 21.3. The first kappa shape index (κ1) is 21.8. The number of fused-ring (bicyclic) bond motifs is 1. The molecule has 160 valence electrons. The van der Waals surface area contributed by atoms with Gasteiger partial charge in [-0.15, -0.1) is 0 Å². The number of carbonyl (C=O) groups excluding carboxylic acids is 2. The quantitative estimate of drug-likeness (QED) is 0.556. The van der Waals surface area contributed by atoms with Gasteiger partial charge in [-0.1, -0.05) is 24.3 Å². The number of ether oxygens (including phenoxy) is 2. The summed E-state index contributed by atoms with van der Waals surface area (Å²) in [6.45, 7) is 2.34. The third-order valence-electron chi connectivity index (χ3n) is 5.04. The molecule has 0 aromatic heterocycles. The molecule has 1 heterocycles. The van der Waals surface area contributed by atoms with E-state index in [0.29, 0.717) is 37.4 Å². The van der Waals surface area contributed by atoms with Gasteiger partial charge >= 0.3 is 0 Å². The molecule has 2 N–H and O–H groups in total. The maximum Gasteiger partial charge on any atom is 0.256 e. The van der Waals surface area contributed by atoms with Gasteiger partial charge in [-0.05, 0) is 37.1 Å². The lowest BCUT2D eigenvalue weighted by atomic mass is 10.1. The molecule has 0 aliphatic carbocycles. The van der Waals surface area contributed by atoms with E-state index >= 15 is 0 Å². The summed E-state index contributed by atoms with van der Waals surface area (Å²) >= 11 is 0. The van der Waals surface area contributed by atoms with Crippen LogP contribution in [0.25, 0.3) is 0 Å². The summed E-state index contributed by atoms with van der Waals surface area (Å²) in [5.74, 6) is -0.124. The molecule has 0 radical (unpaired) electrons. The Balaban J connectivity index is 1.74. The first-order valence-corrected chi connectivity index (χ1v) is 10.2. The Labute approximate surface area is 177 Å². The van der Waals surface area contributed by atoms with Crippen molar-refractivity contribution >= 4 is 17.5 Å². The lowest BCUT2D eigenvalue weighted by Crippen LogP contribution is -2.33. The zero-order valence-electron chi connectivity index (χ0n) is 17.5. The minimum Gasteiger partial charge on any atom is -0.385 e. The van der Waals surface area contributed by atoms with Gasteiger partial charge in [-0.25, -0.2) is 0 Å². The number of benzene rings is 2. The highest BCUT2D eigenvalue weighted by Gasteiger charge is 2.36. The summed E-state index contributed by atoms with van der Waals surface area (Å²) in [5.41, 5.74) is 3.00. The van der Waals surface area contributed by atoms with Gasteiger partial charge in [0.1, 0.15) is 6.17 Å². The molecule has 2 aromatic rings. The van der Waals surface area contributed by atoms with Crippen molar-refractivity contribution in [1.82, 2.24) is 10.2 Å². The molecule has 7 heteroatoms. The Morgan fingerprint density at radius 2 is 1.80 bits per heavy atom.